The van der Waals surface area contributed by atoms with Crippen LogP contribution in [0.4, 0.5) is 0 Å². The fourth-order valence-corrected chi connectivity index (χ4v) is 2.45. The van der Waals surface area contributed by atoms with Crippen molar-refractivity contribution in [2.24, 2.45) is 0 Å². The van der Waals surface area contributed by atoms with Crippen LogP contribution in [0, 0.1) is 11.3 Å². The van der Waals surface area contributed by atoms with E-state index in [1.807, 2.05) is 30.3 Å². The number of carbonyl (C=O) groups excluding carboxylic acids is 1. The maximum atomic E-state index is 11.9. The average molecular weight is 248 g/mol. The largest absolute Gasteiger partial charge is 0.345 e. The summed E-state index contributed by atoms with van der Waals surface area (Å²) in [5.41, 5.74) is 3.36. The lowest BCUT2D eigenvalue weighted by Gasteiger charge is -2.11. The number of hydrogen-bond acceptors (Lipinski definition) is 2. The van der Waals surface area contributed by atoms with Gasteiger partial charge in [0.1, 0.15) is 0 Å². The van der Waals surface area contributed by atoms with E-state index in [1.54, 1.807) is 18.2 Å². The Bertz CT molecular complexity index is 671. The highest BCUT2D eigenvalue weighted by Crippen LogP contribution is 2.28. The second-order valence-electron chi connectivity index (χ2n) is 4.63. The Balaban J connectivity index is 1.95. The molecule has 0 aromatic heterocycles. The maximum absolute atomic E-state index is 11.9. The molecule has 1 aliphatic rings. The minimum Gasteiger partial charge on any atom is -0.345 e. The van der Waals surface area contributed by atoms with Crippen LogP contribution in [-0.2, 0) is 6.42 Å². The molecular weight excluding hydrogens is 236 g/mol. The summed E-state index contributed by atoms with van der Waals surface area (Å²) >= 11 is 0. The van der Waals surface area contributed by atoms with Crippen molar-refractivity contribution in [3.63, 3.8) is 0 Å². The Morgan fingerprint density at radius 2 is 1.95 bits per heavy atom. The summed E-state index contributed by atoms with van der Waals surface area (Å²) < 4.78 is 0. The second kappa shape index (κ2) is 4.58. The second-order valence-corrected chi connectivity index (χ2v) is 4.63. The van der Waals surface area contributed by atoms with E-state index in [-0.39, 0.29) is 11.9 Å². The number of carbonyl (C=O) groups is 1. The zero-order chi connectivity index (χ0) is 13.2. The molecule has 0 saturated heterocycles. The maximum Gasteiger partial charge on any atom is 0.252 e. The number of hydrogen-bond donors (Lipinski definition) is 1. The van der Waals surface area contributed by atoms with Gasteiger partial charge in [-0.3, -0.25) is 4.79 Å². The molecule has 2 aromatic rings. The molecule has 19 heavy (non-hydrogen) atoms. The molecule has 3 nitrogen and oxygen atoms in total. The van der Waals surface area contributed by atoms with E-state index in [9.17, 15) is 4.79 Å². The molecule has 0 aliphatic carbocycles. The summed E-state index contributed by atoms with van der Waals surface area (Å²) in [5, 5.41) is 11.9. The number of rotatable bonds is 2. The van der Waals surface area contributed by atoms with Gasteiger partial charge in [0.05, 0.1) is 17.7 Å². The van der Waals surface area contributed by atoms with Crippen molar-refractivity contribution in [2.75, 3.05) is 0 Å². The number of fused-ring (bicyclic) bond motifs is 1. The van der Waals surface area contributed by atoms with Crippen molar-refractivity contribution in [1.29, 1.82) is 5.26 Å². The van der Waals surface area contributed by atoms with Crippen LogP contribution in [0.25, 0.3) is 0 Å². The van der Waals surface area contributed by atoms with Crippen LogP contribution >= 0.6 is 0 Å². The standard InChI is InChI=1S/C16H12N2O/c17-10-12-6-7-13-14(8-12)15(18-16(13)19)9-11-4-2-1-3-5-11/h1-8,15H,9H2,(H,18,19). The zero-order valence-electron chi connectivity index (χ0n) is 10.3. The van der Waals surface area contributed by atoms with E-state index in [2.05, 4.69) is 11.4 Å². The third-order valence-electron chi connectivity index (χ3n) is 3.39. The first kappa shape index (κ1) is 11.5. The predicted molar refractivity (Wildman–Crippen MR) is 71.5 cm³/mol. The molecular formula is C16H12N2O. The summed E-state index contributed by atoms with van der Waals surface area (Å²) in [4.78, 5) is 11.9. The van der Waals surface area contributed by atoms with Crippen LogP contribution in [0.5, 0.6) is 0 Å². The molecule has 1 N–H and O–H groups in total. The van der Waals surface area contributed by atoms with Crippen molar-refractivity contribution >= 4 is 5.91 Å². The van der Waals surface area contributed by atoms with Crippen molar-refractivity contribution < 1.29 is 4.79 Å². The number of nitrogens with zero attached hydrogens (tertiary/aromatic N) is 1. The third kappa shape index (κ3) is 2.09. The lowest BCUT2D eigenvalue weighted by molar-refractivity contribution is 0.0956. The van der Waals surface area contributed by atoms with Gasteiger partial charge in [0, 0.05) is 5.56 Å². The quantitative estimate of drug-likeness (QED) is 0.888. The SMILES string of the molecule is N#Cc1ccc2c(c1)C(Cc1ccccc1)NC2=O. The van der Waals surface area contributed by atoms with E-state index in [0.29, 0.717) is 11.1 Å². The van der Waals surface area contributed by atoms with Crippen LogP contribution in [0.2, 0.25) is 0 Å². The lowest BCUT2D eigenvalue weighted by atomic mass is 9.97. The van der Waals surface area contributed by atoms with Gasteiger partial charge in [-0.1, -0.05) is 30.3 Å². The topological polar surface area (TPSA) is 52.9 Å². The van der Waals surface area contributed by atoms with E-state index in [4.69, 9.17) is 5.26 Å². The molecule has 92 valence electrons. The number of benzene rings is 2. The smallest absolute Gasteiger partial charge is 0.252 e. The number of nitrogens with one attached hydrogen (secondary N) is 1. The molecule has 0 bridgehead atoms. The van der Waals surface area contributed by atoms with Crippen molar-refractivity contribution in [3.05, 3.63) is 70.8 Å². The van der Waals surface area contributed by atoms with Gasteiger partial charge in [0.25, 0.3) is 5.91 Å². The number of amides is 1. The summed E-state index contributed by atoms with van der Waals surface area (Å²) in [6, 6.07) is 17.3. The summed E-state index contributed by atoms with van der Waals surface area (Å²) in [6.45, 7) is 0. The van der Waals surface area contributed by atoms with Crippen LogP contribution in [0.15, 0.2) is 48.5 Å². The highest BCUT2D eigenvalue weighted by Gasteiger charge is 2.28. The molecule has 0 fully saturated rings. The molecule has 1 heterocycles. The highest BCUT2D eigenvalue weighted by atomic mass is 16.2. The van der Waals surface area contributed by atoms with Gasteiger partial charge in [0.2, 0.25) is 0 Å². The molecule has 3 rings (SSSR count). The molecule has 0 radical (unpaired) electrons. The fourth-order valence-electron chi connectivity index (χ4n) is 2.45. The van der Waals surface area contributed by atoms with Gasteiger partial charge in [-0.15, -0.1) is 0 Å². The average Bonchev–Trinajstić information content (AvgIpc) is 2.76. The zero-order valence-corrected chi connectivity index (χ0v) is 10.3. The Hall–Kier alpha value is -2.60. The molecule has 1 unspecified atom stereocenters. The van der Waals surface area contributed by atoms with Gasteiger partial charge in [0.15, 0.2) is 0 Å². The van der Waals surface area contributed by atoms with Crippen molar-refractivity contribution in [2.45, 2.75) is 12.5 Å². The highest BCUT2D eigenvalue weighted by molar-refractivity contribution is 5.99. The first-order valence-electron chi connectivity index (χ1n) is 6.17. The Morgan fingerprint density at radius 3 is 2.68 bits per heavy atom. The normalized spacial score (nSPS) is 16.6. The fraction of sp³-hybridized carbons (Fsp3) is 0.125. The predicted octanol–water partition coefficient (Wildman–Crippen LogP) is 2.59. The summed E-state index contributed by atoms with van der Waals surface area (Å²) in [6.07, 6.45) is 0.745. The Labute approximate surface area is 111 Å². The molecule has 1 aliphatic heterocycles. The van der Waals surface area contributed by atoms with Gasteiger partial charge >= 0.3 is 0 Å². The molecule has 2 aromatic carbocycles. The third-order valence-corrected chi connectivity index (χ3v) is 3.39. The van der Waals surface area contributed by atoms with Crippen LogP contribution < -0.4 is 5.32 Å². The van der Waals surface area contributed by atoms with Crippen molar-refractivity contribution in [3.8, 4) is 6.07 Å². The molecule has 0 spiro atoms. The molecule has 1 atom stereocenters. The molecule has 1 amide bonds. The van der Waals surface area contributed by atoms with Crippen LogP contribution in [0.3, 0.4) is 0 Å². The van der Waals surface area contributed by atoms with E-state index in [1.165, 1.54) is 5.56 Å². The minimum absolute atomic E-state index is 0.0433. The molecule has 0 saturated carbocycles. The van der Waals surface area contributed by atoms with E-state index in [0.717, 1.165) is 12.0 Å². The van der Waals surface area contributed by atoms with Gasteiger partial charge in [-0.2, -0.15) is 5.26 Å². The van der Waals surface area contributed by atoms with Gasteiger partial charge < -0.3 is 5.32 Å². The summed E-state index contributed by atoms with van der Waals surface area (Å²) in [5.74, 6) is -0.0552. The first-order chi connectivity index (χ1) is 9.28. The van der Waals surface area contributed by atoms with E-state index < -0.39 is 0 Å². The first-order valence-corrected chi connectivity index (χ1v) is 6.17. The van der Waals surface area contributed by atoms with E-state index >= 15 is 0 Å². The summed E-state index contributed by atoms with van der Waals surface area (Å²) in [7, 11) is 0. The van der Waals surface area contributed by atoms with Crippen LogP contribution in [-0.4, -0.2) is 5.91 Å². The Kier molecular flexibility index (Phi) is 2.77. The molecule has 3 heteroatoms. The van der Waals surface area contributed by atoms with Gasteiger partial charge in [-0.25, -0.2) is 0 Å². The van der Waals surface area contributed by atoms with Crippen LogP contribution in [0.1, 0.15) is 33.1 Å². The number of nitriles is 1. The van der Waals surface area contributed by atoms with Gasteiger partial charge in [-0.05, 0) is 35.7 Å². The van der Waals surface area contributed by atoms with Crippen molar-refractivity contribution in [1.82, 2.24) is 5.32 Å². The monoisotopic (exact) mass is 248 g/mol. The lowest BCUT2D eigenvalue weighted by Crippen LogP contribution is -2.20. The minimum atomic E-state index is -0.0552. The Morgan fingerprint density at radius 1 is 1.16 bits per heavy atom.